The lowest BCUT2D eigenvalue weighted by atomic mass is 9.86. The molecule has 0 unspecified atom stereocenters. The van der Waals surface area contributed by atoms with Crippen LogP contribution in [0, 0.1) is 0 Å². The lowest BCUT2D eigenvalue weighted by molar-refractivity contribution is 0.174. The Balaban J connectivity index is 0.00000220. The van der Waals surface area contributed by atoms with Crippen LogP contribution in [0.3, 0.4) is 0 Å². The normalized spacial score (nSPS) is 17.0. The second-order valence-corrected chi connectivity index (χ2v) is 6.70. The first-order valence-corrected chi connectivity index (χ1v) is 7.68. The average Bonchev–Trinajstić information content (AvgIpc) is 2.45. The second kappa shape index (κ2) is 9.57. The predicted octanol–water partition coefficient (Wildman–Crippen LogP) is 4.35. The molecule has 0 aromatic heterocycles. The quantitative estimate of drug-likeness (QED) is 0.816. The topological polar surface area (TPSA) is 15.3 Å². The lowest BCUT2D eigenvalue weighted by Crippen LogP contribution is -2.45. The smallest absolute Gasteiger partial charge is 0.0383 e. The predicted molar refractivity (Wildman–Crippen MR) is 102 cm³/mol. The van der Waals surface area contributed by atoms with Crippen molar-refractivity contribution in [3.8, 4) is 0 Å². The molecule has 1 aromatic carbocycles. The summed E-state index contributed by atoms with van der Waals surface area (Å²) in [5.41, 5.74) is 3.04. The van der Waals surface area contributed by atoms with Crippen LogP contribution in [0.15, 0.2) is 36.9 Å². The maximum absolute atomic E-state index is 3.94. The largest absolute Gasteiger partial charge is 0.314 e. The van der Waals surface area contributed by atoms with Crippen molar-refractivity contribution in [2.24, 2.45) is 0 Å². The average molecular weight is 345 g/mol. The van der Waals surface area contributed by atoms with Gasteiger partial charge in [-0.3, -0.25) is 4.90 Å². The fourth-order valence-corrected chi connectivity index (χ4v) is 2.85. The van der Waals surface area contributed by atoms with Gasteiger partial charge in [-0.1, -0.05) is 51.1 Å². The van der Waals surface area contributed by atoms with Crippen LogP contribution in [-0.4, -0.2) is 31.1 Å². The maximum Gasteiger partial charge on any atom is 0.0383 e. The number of halogens is 2. The van der Waals surface area contributed by atoms with Gasteiger partial charge in [0.2, 0.25) is 0 Å². The number of hydrogen-bond donors (Lipinski definition) is 1. The minimum atomic E-state index is 0. The third-order valence-electron chi connectivity index (χ3n) is 4.14. The van der Waals surface area contributed by atoms with Crippen LogP contribution in [0.4, 0.5) is 0 Å². The van der Waals surface area contributed by atoms with E-state index < -0.39 is 0 Å². The van der Waals surface area contributed by atoms with Crippen molar-refractivity contribution in [1.29, 1.82) is 0 Å². The second-order valence-electron chi connectivity index (χ2n) is 6.70. The molecule has 22 heavy (non-hydrogen) atoms. The summed E-state index contributed by atoms with van der Waals surface area (Å²) in [4.78, 5) is 2.57. The standard InChI is InChI=1S/C18H28N2.2ClH/c1-5-6-17(20-13-11-19-12-14-20)15-7-9-16(10-8-15)18(2,3)4;;/h5,7-10,17,19H,1,6,11-14H2,2-4H3;2*1H/t17-;;/m0../s1. The highest BCUT2D eigenvalue weighted by Crippen LogP contribution is 2.28. The Hall–Kier alpha value is -0.540. The van der Waals surface area contributed by atoms with Gasteiger partial charge in [-0.25, -0.2) is 0 Å². The number of piperazine rings is 1. The van der Waals surface area contributed by atoms with Crippen molar-refractivity contribution < 1.29 is 0 Å². The van der Waals surface area contributed by atoms with E-state index in [0.29, 0.717) is 6.04 Å². The molecule has 0 saturated carbocycles. The molecule has 1 atom stereocenters. The van der Waals surface area contributed by atoms with E-state index in [1.807, 2.05) is 6.08 Å². The van der Waals surface area contributed by atoms with Crippen LogP contribution in [0.5, 0.6) is 0 Å². The fraction of sp³-hybridized carbons (Fsp3) is 0.556. The molecular weight excluding hydrogens is 315 g/mol. The van der Waals surface area contributed by atoms with Gasteiger partial charge in [0.25, 0.3) is 0 Å². The van der Waals surface area contributed by atoms with Crippen molar-refractivity contribution in [2.75, 3.05) is 26.2 Å². The Morgan fingerprint density at radius 1 is 1.14 bits per heavy atom. The van der Waals surface area contributed by atoms with Crippen molar-refractivity contribution >= 4 is 24.8 Å². The molecule has 0 amide bonds. The molecule has 1 aliphatic rings. The molecule has 1 N–H and O–H groups in total. The molecule has 1 aromatic rings. The highest BCUT2D eigenvalue weighted by molar-refractivity contribution is 5.85. The van der Waals surface area contributed by atoms with E-state index >= 15 is 0 Å². The first-order chi connectivity index (χ1) is 9.52. The van der Waals surface area contributed by atoms with E-state index in [4.69, 9.17) is 0 Å². The van der Waals surface area contributed by atoms with Gasteiger partial charge in [0.05, 0.1) is 0 Å². The fourth-order valence-electron chi connectivity index (χ4n) is 2.85. The molecule has 4 heteroatoms. The van der Waals surface area contributed by atoms with Gasteiger partial charge in [0.1, 0.15) is 0 Å². The van der Waals surface area contributed by atoms with Crippen molar-refractivity contribution in [1.82, 2.24) is 10.2 Å². The van der Waals surface area contributed by atoms with Gasteiger partial charge in [-0.05, 0) is 23.0 Å². The highest BCUT2D eigenvalue weighted by atomic mass is 35.5. The van der Waals surface area contributed by atoms with E-state index in [0.717, 1.165) is 32.6 Å². The van der Waals surface area contributed by atoms with Crippen LogP contribution in [0.1, 0.15) is 44.4 Å². The van der Waals surface area contributed by atoms with E-state index in [1.54, 1.807) is 0 Å². The molecule has 0 bridgehead atoms. The summed E-state index contributed by atoms with van der Waals surface area (Å²) in [5.74, 6) is 0. The summed E-state index contributed by atoms with van der Waals surface area (Å²) >= 11 is 0. The maximum atomic E-state index is 3.94. The monoisotopic (exact) mass is 344 g/mol. The minimum absolute atomic E-state index is 0. The minimum Gasteiger partial charge on any atom is -0.314 e. The van der Waals surface area contributed by atoms with Gasteiger partial charge in [-0.2, -0.15) is 0 Å². The summed E-state index contributed by atoms with van der Waals surface area (Å²) in [7, 11) is 0. The Labute approximate surface area is 148 Å². The molecule has 1 fully saturated rings. The van der Waals surface area contributed by atoms with Crippen LogP contribution in [-0.2, 0) is 5.41 Å². The Bertz CT molecular complexity index is 431. The zero-order valence-corrected chi connectivity index (χ0v) is 15.6. The van der Waals surface area contributed by atoms with Gasteiger partial charge >= 0.3 is 0 Å². The van der Waals surface area contributed by atoms with Gasteiger partial charge in [0, 0.05) is 32.2 Å². The molecule has 0 aliphatic carbocycles. The zero-order chi connectivity index (χ0) is 14.6. The first-order valence-electron chi connectivity index (χ1n) is 7.68. The number of hydrogen-bond acceptors (Lipinski definition) is 2. The first kappa shape index (κ1) is 21.5. The van der Waals surface area contributed by atoms with Crippen LogP contribution < -0.4 is 5.32 Å². The van der Waals surface area contributed by atoms with E-state index in [-0.39, 0.29) is 30.2 Å². The summed E-state index contributed by atoms with van der Waals surface area (Å²) in [6, 6.07) is 9.65. The van der Waals surface area contributed by atoms with Gasteiger partial charge in [-0.15, -0.1) is 31.4 Å². The number of nitrogens with one attached hydrogen (secondary N) is 1. The number of nitrogens with zero attached hydrogens (tertiary/aromatic N) is 1. The Kier molecular flexibility index (Phi) is 9.33. The third kappa shape index (κ3) is 5.58. The number of benzene rings is 1. The zero-order valence-electron chi connectivity index (χ0n) is 14.0. The Morgan fingerprint density at radius 3 is 2.14 bits per heavy atom. The molecule has 0 radical (unpaired) electrons. The number of rotatable bonds is 4. The molecule has 0 spiro atoms. The molecule has 126 valence electrons. The van der Waals surface area contributed by atoms with Crippen molar-refractivity contribution in [2.45, 2.75) is 38.6 Å². The molecular formula is C18H30Cl2N2. The molecule has 2 nitrogen and oxygen atoms in total. The molecule has 1 saturated heterocycles. The third-order valence-corrected chi connectivity index (χ3v) is 4.14. The van der Waals surface area contributed by atoms with E-state index in [2.05, 4.69) is 61.8 Å². The van der Waals surface area contributed by atoms with Crippen molar-refractivity contribution in [3.05, 3.63) is 48.0 Å². The van der Waals surface area contributed by atoms with Crippen LogP contribution in [0.25, 0.3) is 0 Å². The lowest BCUT2D eigenvalue weighted by Gasteiger charge is -2.35. The van der Waals surface area contributed by atoms with Gasteiger partial charge in [0.15, 0.2) is 0 Å². The van der Waals surface area contributed by atoms with Crippen LogP contribution >= 0.6 is 24.8 Å². The SMILES string of the molecule is C=CC[C@@H](c1ccc(C(C)(C)C)cc1)N1CCNCC1.Cl.Cl. The van der Waals surface area contributed by atoms with Crippen LogP contribution in [0.2, 0.25) is 0 Å². The van der Waals surface area contributed by atoms with Crippen molar-refractivity contribution in [3.63, 3.8) is 0 Å². The van der Waals surface area contributed by atoms with E-state index in [9.17, 15) is 0 Å². The van der Waals surface area contributed by atoms with Gasteiger partial charge < -0.3 is 5.32 Å². The summed E-state index contributed by atoms with van der Waals surface area (Å²) < 4.78 is 0. The van der Waals surface area contributed by atoms with E-state index in [1.165, 1.54) is 11.1 Å². The molecule has 1 heterocycles. The summed E-state index contributed by atoms with van der Waals surface area (Å²) in [5, 5.41) is 3.42. The molecule has 1 aliphatic heterocycles. The molecule has 2 rings (SSSR count). The highest BCUT2D eigenvalue weighted by Gasteiger charge is 2.21. The summed E-state index contributed by atoms with van der Waals surface area (Å²) in [6.07, 6.45) is 3.07. The summed E-state index contributed by atoms with van der Waals surface area (Å²) in [6.45, 7) is 15.2. The Morgan fingerprint density at radius 2 is 1.68 bits per heavy atom.